The van der Waals surface area contributed by atoms with Crippen LogP contribution >= 0.6 is 0 Å². The predicted molar refractivity (Wildman–Crippen MR) is 133 cm³/mol. The van der Waals surface area contributed by atoms with Crippen molar-refractivity contribution >= 4 is 11.4 Å². The topological polar surface area (TPSA) is 65.6 Å². The summed E-state index contributed by atoms with van der Waals surface area (Å²) in [6.45, 7) is 4.04. The summed E-state index contributed by atoms with van der Waals surface area (Å²) in [5.74, 6) is 0. The number of aliphatic hydroxyl groups is 1. The second-order valence-electron chi connectivity index (χ2n) is 8.91. The molecule has 4 rings (SSSR count). The smallest absolute Gasteiger partial charge is 0.397 e. The van der Waals surface area contributed by atoms with Gasteiger partial charge in [0.1, 0.15) is 0 Å². The van der Waals surface area contributed by atoms with Crippen LogP contribution in [-0.2, 0) is 19.2 Å². The van der Waals surface area contributed by atoms with Crippen molar-refractivity contribution in [1.29, 1.82) is 0 Å². The SMILES string of the molecule is Nc1c(-c2ccc(CO)cc2)ccnc1CCCCN1CCN(c2cccc(C(F)(F)F)c2)CC1. The fourth-order valence-electron chi connectivity index (χ4n) is 4.49. The highest BCUT2D eigenvalue weighted by molar-refractivity contribution is 5.77. The second kappa shape index (κ2) is 11.1. The molecule has 3 aromatic rings. The summed E-state index contributed by atoms with van der Waals surface area (Å²) in [5, 5.41) is 9.24. The Balaban J connectivity index is 1.25. The predicted octanol–water partition coefficient (Wildman–Crippen LogP) is 4.99. The number of rotatable bonds is 8. The molecule has 0 unspecified atom stereocenters. The van der Waals surface area contributed by atoms with Crippen LogP contribution < -0.4 is 10.6 Å². The number of piperazine rings is 1. The molecule has 3 N–H and O–H groups in total. The number of nitrogens with two attached hydrogens (primary N) is 1. The Hall–Kier alpha value is -3.10. The summed E-state index contributed by atoms with van der Waals surface area (Å²) in [6, 6.07) is 15.2. The van der Waals surface area contributed by atoms with Gasteiger partial charge in [0.15, 0.2) is 0 Å². The number of benzene rings is 2. The lowest BCUT2D eigenvalue weighted by Gasteiger charge is -2.36. The van der Waals surface area contributed by atoms with Gasteiger partial charge in [-0.3, -0.25) is 9.88 Å². The van der Waals surface area contributed by atoms with Crippen LogP contribution in [0.4, 0.5) is 24.5 Å². The molecule has 2 heterocycles. The quantitative estimate of drug-likeness (QED) is 0.441. The van der Waals surface area contributed by atoms with Crippen LogP contribution in [0.2, 0.25) is 0 Å². The van der Waals surface area contributed by atoms with Crippen LogP contribution in [0.1, 0.15) is 29.7 Å². The number of aromatic nitrogens is 1. The minimum absolute atomic E-state index is 0.0116. The zero-order chi connectivity index (χ0) is 24.8. The first-order valence-electron chi connectivity index (χ1n) is 11.9. The Kier molecular flexibility index (Phi) is 7.93. The molecule has 8 heteroatoms. The Labute approximate surface area is 204 Å². The Morgan fingerprint density at radius 3 is 2.37 bits per heavy atom. The molecule has 186 valence electrons. The molecule has 0 aliphatic carbocycles. The van der Waals surface area contributed by atoms with E-state index < -0.39 is 11.7 Å². The molecule has 1 aromatic heterocycles. The molecular formula is C27H31F3N4O. The largest absolute Gasteiger partial charge is 0.416 e. The van der Waals surface area contributed by atoms with Crippen molar-refractivity contribution in [2.75, 3.05) is 43.4 Å². The van der Waals surface area contributed by atoms with E-state index in [9.17, 15) is 18.3 Å². The van der Waals surface area contributed by atoms with Gasteiger partial charge in [0.2, 0.25) is 0 Å². The summed E-state index contributed by atoms with van der Waals surface area (Å²) in [4.78, 5) is 8.87. The number of hydrogen-bond acceptors (Lipinski definition) is 5. The number of pyridine rings is 1. The van der Waals surface area contributed by atoms with Crippen LogP contribution in [0.5, 0.6) is 0 Å². The van der Waals surface area contributed by atoms with Gasteiger partial charge in [0, 0.05) is 43.6 Å². The van der Waals surface area contributed by atoms with E-state index in [2.05, 4.69) is 9.88 Å². The van der Waals surface area contributed by atoms with Crippen molar-refractivity contribution in [1.82, 2.24) is 9.88 Å². The first-order chi connectivity index (χ1) is 16.8. The van der Waals surface area contributed by atoms with Crippen LogP contribution in [0.15, 0.2) is 60.8 Å². The van der Waals surface area contributed by atoms with Gasteiger partial charge in [-0.25, -0.2) is 0 Å². The van der Waals surface area contributed by atoms with Crippen molar-refractivity contribution in [2.45, 2.75) is 32.0 Å². The molecule has 0 bridgehead atoms. The molecule has 0 amide bonds. The number of anilines is 2. The Bertz CT molecular complexity index is 1110. The van der Waals surface area contributed by atoms with E-state index in [-0.39, 0.29) is 6.61 Å². The van der Waals surface area contributed by atoms with Crippen LogP contribution in [0.3, 0.4) is 0 Å². The summed E-state index contributed by atoms with van der Waals surface area (Å²) >= 11 is 0. The fraction of sp³-hybridized carbons (Fsp3) is 0.370. The highest BCUT2D eigenvalue weighted by atomic mass is 19.4. The van der Waals surface area contributed by atoms with Crippen molar-refractivity contribution in [3.8, 4) is 11.1 Å². The molecule has 0 spiro atoms. The number of aliphatic hydroxyl groups excluding tert-OH is 1. The van der Waals surface area contributed by atoms with Crippen molar-refractivity contribution < 1.29 is 18.3 Å². The second-order valence-corrected chi connectivity index (χ2v) is 8.91. The Morgan fingerprint density at radius 1 is 0.943 bits per heavy atom. The third-order valence-corrected chi connectivity index (χ3v) is 6.57. The number of nitrogens with zero attached hydrogens (tertiary/aromatic N) is 3. The molecule has 0 atom stereocenters. The van der Waals surface area contributed by atoms with E-state index in [1.165, 1.54) is 12.1 Å². The van der Waals surface area contributed by atoms with E-state index in [4.69, 9.17) is 5.73 Å². The highest BCUT2D eigenvalue weighted by Crippen LogP contribution is 2.32. The van der Waals surface area contributed by atoms with Gasteiger partial charge in [0.05, 0.1) is 23.6 Å². The van der Waals surface area contributed by atoms with Crippen LogP contribution in [0, 0.1) is 0 Å². The van der Waals surface area contributed by atoms with E-state index >= 15 is 0 Å². The minimum atomic E-state index is -4.32. The number of halogens is 3. The van der Waals surface area contributed by atoms with E-state index in [1.807, 2.05) is 35.2 Å². The van der Waals surface area contributed by atoms with E-state index in [0.717, 1.165) is 67.3 Å². The molecule has 5 nitrogen and oxygen atoms in total. The van der Waals surface area contributed by atoms with Crippen LogP contribution in [-0.4, -0.2) is 47.7 Å². The summed E-state index contributed by atoms with van der Waals surface area (Å²) in [6.07, 6.45) is 0.213. The van der Waals surface area contributed by atoms with Gasteiger partial charge < -0.3 is 15.7 Å². The maximum Gasteiger partial charge on any atom is 0.416 e. The van der Waals surface area contributed by atoms with Crippen molar-refractivity contribution in [2.24, 2.45) is 0 Å². The number of alkyl halides is 3. The molecule has 2 aromatic carbocycles. The third-order valence-electron chi connectivity index (χ3n) is 6.57. The van der Waals surface area contributed by atoms with Gasteiger partial charge >= 0.3 is 6.18 Å². The summed E-state index contributed by atoms with van der Waals surface area (Å²) < 4.78 is 39.0. The monoisotopic (exact) mass is 484 g/mol. The first kappa shape index (κ1) is 25.0. The third kappa shape index (κ3) is 6.32. The average molecular weight is 485 g/mol. The number of aryl methyl sites for hydroxylation is 1. The fourth-order valence-corrected chi connectivity index (χ4v) is 4.49. The Morgan fingerprint density at radius 2 is 1.69 bits per heavy atom. The number of unbranched alkanes of at least 4 members (excludes halogenated alkanes) is 1. The molecule has 1 fully saturated rings. The lowest BCUT2D eigenvalue weighted by Crippen LogP contribution is -2.46. The van der Waals surface area contributed by atoms with E-state index in [1.54, 1.807) is 12.3 Å². The molecule has 35 heavy (non-hydrogen) atoms. The molecular weight excluding hydrogens is 453 g/mol. The lowest BCUT2D eigenvalue weighted by molar-refractivity contribution is -0.137. The first-order valence-corrected chi connectivity index (χ1v) is 11.9. The highest BCUT2D eigenvalue weighted by Gasteiger charge is 2.31. The molecule has 1 aliphatic heterocycles. The maximum atomic E-state index is 13.0. The number of nitrogen functional groups attached to an aromatic ring is 1. The zero-order valence-electron chi connectivity index (χ0n) is 19.6. The maximum absolute atomic E-state index is 13.0. The normalized spacial score (nSPS) is 14.9. The minimum Gasteiger partial charge on any atom is -0.397 e. The number of hydrogen-bond donors (Lipinski definition) is 2. The van der Waals surface area contributed by atoms with Crippen LogP contribution in [0.25, 0.3) is 11.1 Å². The van der Waals surface area contributed by atoms with Crippen molar-refractivity contribution in [3.05, 3.63) is 77.6 Å². The van der Waals surface area contributed by atoms with Gasteiger partial charge in [-0.05, 0) is 61.2 Å². The molecule has 1 saturated heterocycles. The lowest BCUT2D eigenvalue weighted by atomic mass is 10.0. The summed E-state index contributed by atoms with van der Waals surface area (Å²) in [7, 11) is 0. The standard InChI is InChI=1S/C27H31F3N4O/c28-27(29,30)22-4-3-5-23(18-22)34-16-14-33(15-17-34)13-2-1-6-25-26(31)24(11-12-32-25)21-9-7-20(19-35)8-10-21/h3-5,7-12,18,35H,1-2,6,13-17,19,31H2. The van der Waals surface area contributed by atoms with Gasteiger partial charge in [-0.2, -0.15) is 13.2 Å². The average Bonchev–Trinajstić information content (AvgIpc) is 2.87. The van der Waals surface area contributed by atoms with Gasteiger partial charge in [0.25, 0.3) is 0 Å². The summed E-state index contributed by atoms with van der Waals surface area (Å²) in [5.41, 5.74) is 10.8. The van der Waals surface area contributed by atoms with Gasteiger partial charge in [-0.1, -0.05) is 30.3 Å². The van der Waals surface area contributed by atoms with Gasteiger partial charge in [-0.15, -0.1) is 0 Å². The zero-order valence-corrected chi connectivity index (χ0v) is 19.6. The molecule has 0 radical (unpaired) electrons. The van der Waals surface area contributed by atoms with E-state index in [0.29, 0.717) is 24.5 Å². The van der Waals surface area contributed by atoms with Crippen molar-refractivity contribution in [3.63, 3.8) is 0 Å². The molecule has 0 saturated carbocycles. The molecule has 1 aliphatic rings.